The van der Waals surface area contributed by atoms with Crippen LogP contribution in [0.3, 0.4) is 0 Å². The van der Waals surface area contributed by atoms with Crippen molar-refractivity contribution in [2.45, 2.75) is 9.79 Å². The first kappa shape index (κ1) is 19.1. The molecule has 1 aliphatic rings. The summed E-state index contributed by atoms with van der Waals surface area (Å²) >= 11 is 1.44. The molecule has 0 saturated heterocycles. The number of ether oxygens (including phenoxy) is 1. The molecule has 1 heterocycles. The van der Waals surface area contributed by atoms with Crippen molar-refractivity contribution in [2.24, 2.45) is 0 Å². The Morgan fingerprint density at radius 1 is 0.800 bits per heavy atom. The number of nitrogens with zero attached hydrogens (tertiary/aromatic N) is 3. The molecule has 0 radical (unpaired) electrons. The molecule has 0 atom stereocenters. The van der Waals surface area contributed by atoms with Crippen molar-refractivity contribution < 1.29 is 19.5 Å². The van der Waals surface area contributed by atoms with Gasteiger partial charge in [0.05, 0.1) is 38.3 Å². The van der Waals surface area contributed by atoms with E-state index in [-0.39, 0.29) is 5.75 Å². The normalized spacial score (nSPS) is 11.6. The van der Waals surface area contributed by atoms with E-state index >= 15 is 0 Å². The fourth-order valence-corrected chi connectivity index (χ4v) is 3.90. The molecule has 4 rings (SSSR count). The Hall–Kier alpha value is -4.19. The summed E-state index contributed by atoms with van der Waals surface area (Å²) in [5, 5.41) is 37.1. The van der Waals surface area contributed by atoms with E-state index in [0.29, 0.717) is 17.8 Å². The monoisotopic (exact) mass is 426 g/mol. The summed E-state index contributed by atoms with van der Waals surface area (Å²) in [6, 6.07) is 13.7. The molecule has 150 valence electrons. The molecule has 12 heteroatoms. The predicted octanol–water partition coefficient (Wildman–Crippen LogP) is 5.41. The van der Waals surface area contributed by atoms with E-state index in [1.54, 1.807) is 12.1 Å². The molecule has 1 aliphatic heterocycles. The van der Waals surface area contributed by atoms with E-state index in [0.717, 1.165) is 15.5 Å². The lowest BCUT2D eigenvalue weighted by molar-refractivity contribution is -0.404. The summed E-state index contributed by atoms with van der Waals surface area (Å²) < 4.78 is 5.63. The van der Waals surface area contributed by atoms with Crippen molar-refractivity contribution in [1.82, 2.24) is 0 Å². The highest BCUT2D eigenvalue weighted by molar-refractivity contribution is 7.99. The van der Waals surface area contributed by atoms with E-state index in [1.807, 2.05) is 24.3 Å². The Kier molecular flexibility index (Phi) is 4.68. The molecule has 0 aromatic heterocycles. The van der Waals surface area contributed by atoms with Crippen LogP contribution in [0.1, 0.15) is 0 Å². The number of benzene rings is 3. The fourth-order valence-electron chi connectivity index (χ4n) is 2.89. The van der Waals surface area contributed by atoms with Crippen LogP contribution < -0.4 is 10.1 Å². The van der Waals surface area contributed by atoms with Crippen molar-refractivity contribution in [3.05, 3.63) is 84.9 Å². The number of fused-ring (bicyclic) bond motifs is 2. The maximum absolute atomic E-state index is 11.5. The smallest absolute Gasteiger partial charge is 0.325 e. The second-order valence-electron chi connectivity index (χ2n) is 6.04. The first-order valence-electron chi connectivity index (χ1n) is 8.31. The van der Waals surface area contributed by atoms with Gasteiger partial charge in [-0.1, -0.05) is 30.0 Å². The van der Waals surface area contributed by atoms with Gasteiger partial charge in [-0.2, -0.15) is 0 Å². The molecule has 3 aromatic rings. The van der Waals surface area contributed by atoms with Gasteiger partial charge in [0.15, 0.2) is 5.75 Å². The van der Waals surface area contributed by atoms with Crippen LogP contribution in [0, 0.1) is 30.3 Å². The predicted molar refractivity (Wildman–Crippen MR) is 107 cm³/mol. The van der Waals surface area contributed by atoms with Crippen molar-refractivity contribution in [2.75, 3.05) is 5.32 Å². The highest BCUT2D eigenvalue weighted by Gasteiger charge is 2.33. The molecule has 3 aromatic carbocycles. The molecule has 0 aliphatic carbocycles. The van der Waals surface area contributed by atoms with Crippen LogP contribution in [-0.4, -0.2) is 14.8 Å². The third-order valence-corrected chi connectivity index (χ3v) is 5.34. The van der Waals surface area contributed by atoms with Crippen LogP contribution in [0.4, 0.5) is 28.4 Å². The molecular formula is C18H10N4O7S. The van der Waals surface area contributed by atoms with Gasteiger partial charge in [-0.25, -0.2) is 0 Å². The molecule has 0 unspecified atom stereocenters. The first-order valence-corrected chi connectivity index (χ1v) is 9.13. The van der Waals surface area contributed by atoms with E-state index in [4.69, 9.17) is 4.74 Å². The van der Waals surface area contributed by atoms with E-state index in [1.165, 1.54) is 17.8 Å². The zero-order chi connectivity index (χ0) is 21.4. The molecule has 0 fully saturated rings. The molecule has 1 N–H and O–H groups in total. The number of non-ortho nitro benzene ring substituents is 1. The second-order valence-corrected chi connectivity index (χ2v) is 7.12. The van der Waals surface area contributed by atoms with E-state index in [2.05, 4.69) is 5.32 Å². The number of hydrogen-bond acceptors (Lipinski definition) is 9. The van der Waals surface area contributed by atoms with Gasteiger partial charge in [0.25, 0.3) is 11.4 Å². The molecule has 0 saturated carbocycles. The van der Waals surface area contributed by atoms with Crippen molar-refractivity contribution in [1.29, 1.82) is 0 Å². The Morgan fingerprint density at radius 3 is 2.07 bits per heavy atom. The minimum Gasteiger partial charge on any atom is -0.442 e. The number of nitrogens with one attached hydrogen (secondary N) is 1. The maximum Gasteiger partial charge on any atom is 0.325 e. The Bertz CT molecular complexity index is 1200. The van der Waals surface area contributed by atoms with Gasteiger partial charge in [0.2, 0.25) is 0 Å². The number of nitro benzene ring substituents is 3. The Labute approximate surface area is 171 Å². The van der Waals surface area contributed by atoms with Crippen molar-refractivity contribution in [3.8, 4) is 11.5 Å². The quantitative estimate of drug-likeness (QED) is 0.326. The number of hydrogen-bond donors (Lipinski definition) is 1. The highest BCUT2D eigenvalue weighted by Crippen LogP contribution is 2.50. The van der Waals surface area contributed by atoms with Gasteiger partial charge in [0, 0.05) is 9.79 Å². The van der Waals surface area contributed by atoms with Crippen LogP contribution in [0.2, 0.25) is 0 Å². The number of rotatable bonds is 5. The van der Waals surface area contributed by atoms with Gasteiger partial charge in [-0.05, 0) is 24.3 Å². The molecule has 0 bridgehead atoms. The summed E-state index contributed by atoms with van der Waals surface area (Å²) in [6.07, 6.45) is 0. The average molecular weight is 426 g/mol. The standard InChI is InChI=1S/C18H10N4O7S/c23-20(24)10-8-12(21(25)26)18(13(9-10)22(27)28)29-14-5-3-7-16-17(14)19-11-4-1-2-6-15(11)30-16/h1-9,19H. The molecule has 11 nitrogen and oxygen atoms in total. The zero-order valence-corrected chi connectivity index (χ0v) is 15.6. The molecule has 30 heavy (non-hydrogen) atoms. The minimum atomic E-state index is -0.956. The van der Waals surface area contributed by atoms with Gasteiger partial charge in [-0.15, -0.1) is 0 Å². The second kappa shape index (κ2) is 7.33. The Balaban J connectivity index is 1.84. The third kappa shape index (κ3) is 3.35. The van der Waals surface area contributed by atoms with Crippen molar-refractivity contribution in [3.63, 3.8) is 0 Å². The molecular weight excluding hydrogens is 416 g/mol. The zero-order valence-electron chi connectivity index (χ0n) is 14.8. The topological polar surface area (TPSA) is 151 Å². The van der Waals surface area contributed by atoms with Gasteiger partial charge < -0.3 is 10.1 Å². The van der Waals surface area contributed by atoms with Crippen molar-refractivity contribution >= 4 is 40.2 Å². The van der Waals surface area contributed by atoms with Gasteiger partial charge in [-0.3, -0.25) is 30.3 Å². The minimum absolute atomic E-state index is 0.106. The van der Waals surface area contributed by atoms with Gasteiger partial charge >= 0.3 is 11.4 Å². The van der Waals surface area contributed by atoms with E-state index in [9.17, 15) is 30.3 Å². The SMILES string of the molecule is O=[N+]([O-])c1cc([N+](=O)[O-])c(Oc2cccc3c2Nc2ccccc2S3)c([N+](=O)[O-])c1. The lowest BCUT2D eigenvalue weighted by atomic mass is 10.2. The molecule has 0 spiro atoms. The number of anilines is 2. The number of nitro groups is 3. The first-order chi connectivity index (χ1) is 14.3. The van der Waals surface area contributed by atoms with E-state index < -0.39 is 37.6 Å². The summed E-state index contributed by atoms with van der Waals surface area (Å²) in [5.74, 6) is -0.579. The number of para-hydroxylation sites is 2. The lowest BCUT2D eigenvalue weighted by Crippen LogP contribution is -2.04. The fraction of sp³-hybridized carbons (Fsp3) is 0. The lowest BCUT2D eigenvalue weighted by Gasteiger charge is -2.22. The summed E-state index contributed by atoms with van der Waals surface area (Å²) in [5.41, 5.74) is -1.28. The maximum atomic E-state index is 11.5. The third-order valence-electron chi connectivity index (χ3n) is 4.21. The van der Waals surface area contributed by atoms with Crippen LogP contribution in [0.5, 0.6) is 11.5 Å². The average Bonchev–Trinajstić information content (AvgIpc) is 2.72. The van der Waals surface area contributed by atoms with Crippen LogP contribution in [-0.2, 0) is 0 Å². The highest BCUT2D eigenvalue weighted by atomic mass is 32.2. The summed E-state index contributed by atoms with van der Waals surface area (Å²) in [4.78, 5) is 32.8. The summed E-state index contributed by atoms with van der Waals surface area (Å²) in [6.45, 7) is 0. The summed E-state index contributed by atoms with van der Waals surface area (Å²) in [7, 11) is 0. The van der Waals surface area contributed by atoms with Gasteiger partial charge in [0.1, 0.15) is 0 Å². The van der Waals surface area contributed by atoms with Crippen LogP contribution in [0.25, 0.3) is 0 Å². The van der Waals surface area contributed by atoms with Crippen LogP contribution in [0.15, 0.2) is 64.4 Å². The molecule has 0 amide bonds. The van der Waals surface area contributed by atoms with Crippen LogP contribution >= 0.6 is 11.8 Å². The Morgan fingerprint density at radius 2 is 1.43 bits per heavy atom. The largest absolute Gasteiger partial charge is 0.442 e.